The summed E-state index contributed by atoms with van der Waals surface area (Å²) >= 11 is 0. The molecule has 3 N–H and O–H groups in total. The minimum absolute atomic E-state index is 0.114. The molecule has 1 fully saturated rings. The van der Waals surface area contributed by atoms with E-state index in [9.17, 15) is 4.79 Å². The minimum Gasteiger partial charge on any atom is -0.352 e. The number of nitrogens with two attached hydrogens (primary N) is 1. The second kappa shape index (κ2) is 6.83. The summed E-state index contributed by atoms with van der Waals surface area (Å²) in [5.41, 5.74) is 5.46. The van der Waals surface area contributed by atoms with Crippen LogP contribution in [0, 0.1) is 5.92 Å². The third-order valence-electron chi connectivity index (χ3n) is 3.21. The van der Waals surface area contributed by atoms with E-state index in [4.69, 9.17) is 5.73 Å². The normalized spacial score (nSPS) is 20.7. The van der Waals surface area contributed by atoms with Crippen LogP contribution < -0.4 is 11.1 Å². The van der Waals surface area contributed by atoms with Gasteiger partial charge in [0.15, 0.2) is 0 Å². The lowest BCUT2D eigenvalue weighted by Crippen LogP contribution is -2.38. The first-order valence-electron chi connectivity index (χ1n) is 6.21. The minimum atomic E-state index is 0.114. The lowest BCUT2D eigenvalue weighted by Gasteiger charge is -2.16. The number of amides is 1. The first kappa shape index (κ1) is 12.5. The summed E-state index contributed by atoms with van der Waals surface area (Å²) in [4.78, 5) is 11.6. The van der Waals surface area contributed by atoms with E-state index in [1.54, 1.807) is 0 Å². The number of hydrogen-bond acceptors (Lipinski definition) is 2. The van der Waals surface area contributed by atoms with Gasteiger partial charge < -0.3 is 11.1 Å². The second-order valence-electron chi connectivity index (χ2n) is 4.77. The third kappa shape index (κ3) is 5.17. The summed E-state index contributed by atoms with van der Waals surface area (Å²) in [5.74, 6) is 0.789. The van der Waals surface area contributed by atoms with Crippen molar-refractivity contribution >= 4 is 5.91 Å². The summed E-state index contributed by atoms with van der Waals surface area (Å²) in [6.07, 6.45) is 8.43. The summed E-state index contributed by atoms with van der Waals surface area (Å²) in [6, 6.07) is 0.114. The predicted molar refractivity (Wildman–Crippen MR) is 62.5 cm³/mol. The van der Waals surface area contributed by atoms with Gasteiger partial charge in [-0.1, -0.05) is 25.7 Å². The van der Waals surface area contributed by atoms with Gasteiger partial charge in [0.25, 0.3) is 0 Å². The second-order valence-corrected chi connectivity index (χ2v) is 4.77. The van der Waals surface area contributed by atoms with Crippen LogP contribution >= 0.6 is 0 Å². The fraction of sp³-hybridized carbons (Fsp3) is 0.917. The van der Waals surface area contributed by atoms with E-state index in [1.807, 2.05) is 6.92 Å². The van der Waals surface area contributed by atoms with Crippen molar-refractivity contribution in [3.05, 3.63) is 0 Å². The molecule has 1 atom stereocenters. The molecule has 1 saturated carbocycles. The molecule has 0 saturated heterocycles. The van der Waals surface area contributed by atoms with Crippen LogP contribution in [0.3, 0.4) is 0 Å². The van der Waals surface area contributed by atoms with Crippen LogP contribution in [-0.4, -0.2) is 18.5 Å². The van der Waals surface area contributed by atoms with Gasteiger partial charge in [-0.15, -0.1) is 0 Å². The molecule has 0 aromatic carbocycles. The van der Waals surface area contributed by atoms with Gasteiger partial charge in [-0.2, -0.15) is 0 Å². The SMILES string of the molecule is CC(CN)NC(=O)CC1CCCCCC1. The Morgan fingerprint density at radius 2 is 1.93 bits per heavy atom. The van der Waals surface area contributed by atoms with E-state index in [0.717, 1.165) is 0 Å². The van der Waals surface area contributed by atoms with Crippen molar-refractivity contribution < 1.29 is 4.79 Å². The molecule has 0 aromatic heterocycles. The van der Waals surface area contributed by atoms with Crippen molar-refractivity contribution in [3.8, 4) is 0 Å². The van der Waals surface area contributed by atoms with Crippen LogP contribution in [0.15, 0.2) is 0 Å². The Kier molecular flexibility index (Phi) is 5.69. The number of hydrogen-bond donors (Lipinski definition) is 2. The molecule has 0 heterocycles. The molecule has 0 spiro atoms. The Morgan fingerprint density at radius 3 is 2.47 bits per heavy atom. The zero-order chi connectivity index (χ0) is 11.1. The fourth-order valence-corrected chi connectivity index (χ4v) is 2.22. The predicted octanol–water partition coefficient (Wildman–Crippen LogP) is 1.81. The Balaban J connectivity index is 2.23. The Hall–Kier alpha value is -0.570. The number of nitrogens with one attached hydrogen (secondary N) is 1. The highest BCUT2D eigenvalue weighted by Gasteiger charge is 2.16. The van der Waals surface area contributed by atoms with E-state index < -0.39 is 0 Å². The average Bonchev–Trinajstić information content (AvgIpc) is 2.46. The van der Waals surface area contributed by atoms with E-state index >= 15 is 0 Å². The van der Waals surface area contributed by atoms with Gasteiger partial charge in [-0.05, 0) is 25.7 Å². The van der Waals surface area contributed by atoms with Crippen molar-refractivity contribution in [2.45, 2.75) is 57.9 Å². The van der Waals surface area contributed by atoms with Crippen LogP contribution in [-0.2, 0) is 4.79 Å². The summed E-state index contributed by atoms with van der Waals surface area (Å²) < 4.78 is 0. The Labute approximate surface area is 92.8 Å². The van der Waals surface area contributed by atoms with Crippen LogP contribution in [0.5, 0.6) is 0 Å². The number of carbonyl (C=O) groups is 1. The Bertz CT molecular complexity index is 186. The third-order valence-corrected chi connectivity index (χ3v) is 3.21. The molecule has 15 heavy (non-hydrogen) atoms. The van der Waals surface area contributed by atoms with E-state index in [0.29, 0.717) is 18.9 Å². The smallest absolute Gasteiger partial charge is 0.220 e. The molecule has 1 aliphatic carbocycles. The van der Waals surface area contributed by atoms with Gasteiger partial charge in [-0.3, -0.25) is 4.79 Å². The van der Waals surface area contributed by atoms with Crippen molar-refractivity contribution in [1.82, 2.24) is 5.32 Å². The highest BCUT2D eigenvalue weighted by atomic mass is 16.1. The first-order chi connectivity index (χ1) is 7.22. The van der Waals surface area contributed by atoms with Gasteiger partial charge in [-0.25, -0.2) is 0 Å². The van der Waals surface area contributed by atoms with Gasteiger partial charge in [0, 0.05) is 19.0 Å². The molecule has 88 valence electrons. The van der Waals surface area contributed by atoms with E-state index in [2.05, 4.69) is 5.32 Å². The lowest BCUT2D eigenvalue weighted by molar-refractivity contribution is -0.122. The molecule has 3 heteroatoms. The highest BCUT2D eigenvalue weighted by Crippen LogP contribution is 2.25. The molecular weight excluding hydrogens is 188 g/mol. The molecule has 0 radical (unpaired) electrons. The zero-order valence-electron chi connectivity index (χ0n) is 9.80. The molecule has 1 aliphatic rings. The van der Waals surface area contributed by atoms with Crippen molar-refractivity contribution in [3.63, 3.8) is 0 Å². The number of rotatable bonds is 4. The Morgan fingerprint density at radius 1 is 1.33 bits per heavy atom. The van der Waals surface area contributed by atoms with Crippen molar-refractivity contribution in [1.29, 1.82) is 0 Å². The van der Waals surface area contributed by atoms with Crippen molar-refractivity contribution in [2.75, 3.05) is 6.54 Å². The average molecular weight is 212 g/mol. The van der Waals surface area contributed by atoms with E-state index in [-0.39, 0.29) is 11.9 Å². The molecule has 1 unspecified atom stereocenters. The maximum atomic E-state index is 11.6. The summed E-state index contributed by atoms with van der Waals surface area (Å²) in [7, 11) is 0. The molecule has 0 aromatic rings. The van der Waals surface area contributed by atoms with Gasteiger partial charge in [0.1, 0.15) is 0 Å². The largest absolute Gasteiger partial charge is 0.352 e. The van der Waals surface area contributed by atoms with Crippen LogP contribution in [0.25, 0.3) is 0 Å². The monoisotopic (exact) mass is 212 g/mol. The molecular formula is C12H24N2O. The highest BCUT2D eigenvalue weighted by molar-refractivity contribution is 5.76. The van der Waals surface area contributed by atoms with Crippen LogP contribution in [0.2, 0.25) is 0 Å². The van der Waals surface area contributed by atoms with Gasteiger partial charge >= 0.3 is 0 Å². The zero-order valence-corrected chi connectivity index (χ0v) is 9.80. The van der Waals surface area contributed by atoms with Crippen molar-refractivity contribution in [2.24, 2.45) is 11.7 Å². The quantitative estimate of drug-likeness (QED) is 0.698. The van der Waals surface area contributed by atoms with E-state index in [1.165, 1.54) is 38.5 Å². The van der Waals surface area contributed by atoms with Crippen LogP contribution in [0.1, 0.15) is 51.9 Å². The molecule has 0 aliphatic heterocycles. The fourth-order valence-electron chi connectivity index (χ4n) is 2.22. The van der Waals surface area contributed by atoms with Gasteiger partial charge in [0.05, 0.1) is 0 Å². The molecule has 3 nitrogen and oxygen atoms in total. The summed E-state index contributed by atoms with van der Waals surface area (Å²) in [5, 5.41) is 2.93. The maximum absolute atomic E-state index is 11.6. The topological polar surface area (TPSA) is 55.1 Å². The molecule has 0 bridgehead atoms. The molecule has 1 amide bonds. The first-order valence-corrected chi connectivity index (χ1v) is 6.21. The summed E-state index contributed by atoms with van der Waals surface area (Å²) in [6.45, 7) is 2.47. The van der Waals surface area contributed by atoms with Crippen LogP contribution in [0.4, 0.5) is 0 Å². The molecule has 1 rings (SSSR count). The maximum Gasteiger partial charge on any atom is 0.220 e. The lowest BCUT2D eigenvalue weighted by atomic mass is 9.96. The standard InChI is InChI=1S/C12H24N2O/c1-10(9-13)14-12(15)8-11-6-4-2-3-5-7-11/h10-11H,2-9,13H2,1H3,(H,14,15). The number of carbonyl (C=O) groups excluding carboxylic acids is 1. The van der Waals surface area contributed by atoms with Gasteiger partial charge in [0.2, 0.25) is 5.91 Å².